The van der Waals surface area contributed by atoms with Gasteiger partial charge in [-0.1, -0.05) is 99.6 Å². The van der Waals surface area contributed by atoms with Gasteiger partial charge in [-0.25, -0.2) is 9.59 Å². The van der Waals surface area contributed by atoms with Gasteiger partial charge in [0.05, 0.1) is 42.3 Å². The van der Waals surface area contributed by atoms with Gasteiger partial charge >= 0.3 is 17.9 Å². The average molecular weight is 828 g/mol. The topological polar surface area (TPSA) is 207 Å². The van der Waals surface area contributed by atoms with E-state index in [1.165, 1.54) is 26.0 Å². The van der Waals surface area contributed by atoms with E-state index in [2.05, 4.69) is 0 Å². The molecule has 0 aromatic heterocycles. The van der Waals surface area contributed by atoms with Gasteiger partial charge in [-0.05, 0) is 30.2 Å². The molecule has 4 fully saturated rings. The predicted molar refractivity (Wildman–Crippen MR) is 212 cm³/mol. The maximum absolute atomic E-state index is 15.0. The van der Waals surface area contributed by atoms with Gasteiger partial charge in [0.2, 0.25) is 11.6 Å². The number of ketones is 2. The zero-order valence-electron chi connectivity index (χ0n) is 34.4. The van der Waals surface area contributed by atoms with Crippen LogP contribution in [0.4, 0.5) is 0 Å². The number of fused-ring (bicyclic) bond motifs is 5. The fourth-order valence-corrected chi connectivity index (χ4v) is 10.3. The van der Waals surface area contributed by atoms with E-state index in [9.17, 15) is 34.2 Å². The highest BCUT2D eigenvalue weighted by atomic mass is 16.7. The molecule has 3 aromatic rings. The summed E-state index contributed by atoms with van der Waals surface area (Å²) >= 11 is 0. The standard InChI is InChI=1S/C46H53NO13/c1-26-31(58-42(53)37(35(47)29-17-11-7-12-18-29)57-25-55-23-28-15-9-6-10-16-28)22-46(54)40(59-41(52)30-19-13-8-14-20-30)38-44(5,39(51)36(50)34(26)43(46,3)4)32(49)21-33-45(38,24-56-33)60-27(2)48/h6-20,26,31-35,37-38,40,49,54H,21-25,47H2,1-5H3. The smallest absolute Gasteiger partial charge is 0.338 e. The molecule has 320 valence electrons. The first kappa shape index (κ1) is 43.3. The molecule has 4 N–H and O–H groups in total. The Hall–Kier alpha value is -4.83. The lowest BCUT2D eigenvalue weighted by molar-refractivity contribution is -0.350. The molecule has 60 heavy (non-hydrogen) atoms. The number of benzene rings is 3. The molecule has 12 atom stereocenters. The van der Waals surface area contributed by atoms with Crippen LogP contribution in [-0.4, -0.2) is 94.8 Å². The Bertz CT molecular complexity index is 2080. The number of rotatable bonds is 12. The second kappa shape index (κ2) is 16.6. The van der Waals surface area contributed by atoms with Crippen LogP contribution in [-0.2, 0) is 54.2 Å². The lowest BCUT2D eigenvalue weighted by Gasteiger charge is -2.67. The van der Waals surface area contributed by atoms with Crippen LogP contribution in [0.25, 0.3) is 0 Å². The highest BCUT2D eigenvalue weighted by Gasteiger charge is 2.79. The summed E-state index contributed by atoms with van der Waals surface area (Å²) in [7, 11) is 0. The summed E-state index contributed by atoms with van der Waals surface area (Å²) in [5, 5.41) is 25.4. The molecule has 2 bridgehead atoms. The third kappa shape index (κ3) is 7.26. The van der Waals surface area contributed by atoms with Crippen molar-refractivity contribution in [1.29, 1.82) is 0 Å². The Balaban J connectivity index is 1.30. The van der Waals surface area contributed by atoms with E-state index in [1.807, 2.05) is 30.3 Å². The minimum absolute atomic E-state index is 0.109. The number of carbonyl (C=O) groups excluding carboxylic acids is 5. The fourth-order valence-electron chi connectivity index (χ4n) is 10.3. The fraction of sp³-hybridized carbons (Fsp3) is 0.500. The van der Waals surface area contributed by atoms with Crippen molar-refractivity contribution in [2.45, 2.75) is 102 Å². The lowest BCUT2D eigenvalue weighted by atomic mass is 9.42. The van der Waals surface area contributed by atoms with Gasteiger partial charge in [0, 0.05) is 37.0 Å². The van der Waals surface area contributed by atoms with Gasteiger partial charge < -0.3 is 44.4 Å². The minimum atomic E-state index is -2.29. The molecule has 0 radical (unpaired) electrons. The molecular formula is C46H53NO13. The molecule has 3 saturated carbocycles. The number of aliphatic hydroxyl groups is 2. The van der Waals surface area contributed by atoms with E-state index >= 15 is 0 Å². The molecule has 3 aromatic carbocycles. The monoisotopic (exact) mass is 827 g/mol. The van der Waals surface area contributed by atoms with Gasteiger partial charge in [0.15, 0.2) is 11.7 Å². The summed E-state index contributed by atoms with van der Waals surface area (Å²) in [5.74, 6) is -8.24. The maximum atomic E-state index is 15.0. The quantitative estimate of drug-likeness (QED) is 0.0775. The number of carbonyl (C=O) groups is 5. The average Bonchev–Trinajstić information content (AvgIpc) is 3.22. The number of aliphatic hydroxyl groups excluding tert-OH is 1. The van der Waals surface area contributed by atoms with Crippen LogP contribution in [0, 0.1) is 28.6 Å². The first-order valence-corrected chi connectivity index (χ1v) is 20.3. The van der Waals surface area contributed by atoms with Crippen LogP contribution >= 0.6 is 0 Å². The number of nitrogens with two attached hydrogens (primary N) is 1. The van der Waals surface area contributed by atoms with E-state index in [-0.39, 0.29) is 32.0 Å². The summed E-state index contributed by atoms with van der Waals surface area (Å²) in [6.07, 6.45) is -7.59. The van der Waals surface area contributed by atoms with Crippen molar-refractivity contribution in [2.75, 3.05) is 13.4 Å². The molecule has 1 saturated heterocycles. The third-order valence-corrected chi connectivity index (χ3v) is 13.7. The lowest BCUT2D eigenvalue weighted by Crippen LogP contribution is -2.82. The summed E-state index contributed by atoms with van der Waals surface area (Å²) < 4.78 is 36.3. The molecule has 1 aliphatic heterocycles. The van der Waals surface area contributed by atoms with Crippen LogP contribution in [0.2, 0.25) is 0 Å². The molecule has 1 heterocycles. The van der Waals surface area contributed by atoms with E-state index in [1.54, 1.807) is 69.3 Å². The van der Waals surface area contributed by atoms with Gasteiger partial charge in [-0.2, -0.15) is 0 Å². The summed E-state index contributed by atoms with van der Waals surface area (Å²) in [6.45, 7) is 6.95. The second-order valence-electron chi connectivity index (χ2n) is 17.4. The van der Waals surface area contributed by atoms with Crippen LogP contribution in [0.15, 0.2) is 91.0 Å². The van der Waals surface area contributed by atoms with E-state index < -0.39 is 112 Å². The summed E-state index contributed by atoms with van der Waals surface area (Å²) in [5.41, 5.74) is 0.608. The first-order chi connectivity index (χ1) is 28.5. The Morgan fingerprint density at radius 1 is 0.917 bits per heavy atom. The Morgan fingerprint density at radius 2 is 1.53 bits per heavy atom. The summed E-state index contributed by atoms with van der Waals surface area (Å²) in [4.78, 5) is 71.4. The molecular weight excluding hydrogens is 774 g/mol. The second-order valence-corrected chi connectivity index (χ2v) is 17.4. The zero-order chi connectivity index (χ0) is 43.2. The Morgan fingerprint density at radius 3 is 2.13 bits per heavy atom. The van der Waals surface area contributed by atoms with E-state index in [4.69, 9.17) is 34.2 Å². The van der Waals surface area contributed by atoms with Crippen molar-refractivity contribution in [3.8, 4) is 0 Å². The normalized spacial score (nSPS) is 34.0. The van der Waals surface area contributed by atoms with Gasteiger partial charge in [-0.3, -0.25) is 14.4 Å². The number of hydrogen-bond acceptors (Lipinski definition) is 14. The van der Waals surface area contributed by atoms with Crippen LogP contribution < -0.4 is 5.73 Å². The molecule has 12 unspecified atom stereocenters. The van der Waals surface area contributed by atoms with Crippen molar-refractivity contribution < 1.29 is 62.6 Å². The number of hydrogen-bond donors (Lipinski definition) is 3. The zero-order valence-corrected chi connectivity index (χ0v) is 34.4. The molecule has 0 amide bonds. The number of ether oxygens (including phenoxy) is 6. The predicted octanol–water partition coefficient (Wildman–Crippen LogP) is 4.04. The molecule has 4 aliphatic rings. The van der Waals surface area contributed by atoms with Crippen LogP contribution in [0.3, 0.4) is 0 Å². The Kier molecular flexibility index (Phi) is 11.9. The molecule has 14 nitrogen and oxygen atoms in total. The van der Waals surface area contributed by atoms with Crippen molar-refractivity contribution in [3.05, 3.63) is 108 Å². The minimum Gasteiger partial charge on any atom is -0.460 e. The summed E-state index contributed by atoms with van der Waals surface area (Å²) in [6, 6.07) is 25.0. The molecule has 14 heteroatoms. The number of esters is 3. The SMILES string of the molecule is CC(=O)OC12COC1CC(O)C1(C)C(=O)C(=O)C3C(C)C(OC(=O)C(OCOCc4ccccc4)C(N)c4ccccc4)CC(O)(C(OC(=O)c4ccccc4)C21)C3(C)C. The maximum Gasteiger partial charge on any atom is 0.338 e. The molecule has 3 aliphatic carbocycles. The highest BCUT2D eigenvalue weighted by Crippen LogP contribution is 2.64. The van der Waals surface area contributed by atoms with E-state index in [0.29, 0.717) is 5.56 Å². The largest absolute Gasteiger partial charge is 0.460 e. The van der Waals surface area contributed by atoms with Gasteiger partial charge in [-0.15, -0.1) is 0 Å². The third-order valence-electron chi connectivity index (χ3n) is 13.7. The van der Waals surface area contributed by atoms with Crippen LogP contribution in [0.1, 0.15) is 75.0 Å². The van der Waals surface area contributed by atoms with Crippen LogP contribution in [0.5, 0.6) is 0 Å². The van der Waals surface area contributed by atoms with Crippen molar-refractivity contribution in [2.24, 2.45) is 34.3 Å². The molecule has 0 spiro atoms. The van der Waals surface area contributed by atoms with Crippen molar-refractivity contribution in [3.63, 3.8) is 0 Å². The molecule has 7 rings (SSSR count). The van der Waals surface area contributed by atoms with Crippen molar-refractivity contribution in [1.82, 2.24) is 0 Å². The van der Waals surface area contributed by atoms with E-state index in [0.717, 1.165) is 5.56 Å². The highest BCUT2D eigenvalue weighted by molar-refractivity contribution is 6.40. The Labute approximate surface area is 348 Å². The van der Waals surface area contributed by atoms with Gasteiger partial charge in [0.25, 0.3) is 0 Å². The number of Topliss-reactive ketones (excluding diaryl/α,β-unsaturated/α-hetero) is 2. The van der Waals surface area contributed by atoms with Crippen molar-refractivity contribution >= 4 is 29.5 Å². The first-order valence-electron chi connectivity index (χ1n) is 20.3. The van der Waals surface area contributed by atoms with Gasteiger partial charge in [0.1, 0.15) is 30.7 Å².